The van der Waals surface area contributed by atoms with Crippen molar-refractivity contribution in [2.75, 3.05) is 11.9 Å². The lowest BCUT2D eigenvalue weighted by Gasteiger charge is -2.24. The highest BCUT2D eigenvalue weighted by atomic mass is 32.2. The number of halogens is 4. The summed E-state index contributed by atoms with van der Waals surface area (Å²) in [6.45, 7) is 0.285. The third-order valence-corrected chi connectivity index (χ3v) is 5.40. The Labute approximate surface area is 162 Å². The molecule has 0 aromatic heterocycles. The standard InChI is InChI=1S/C19H16F4N2O2S/c20-13-3-1-2-11(8-13)6-7-24-17(26)10-16-18(27)25-14-9-12(19(21,22)23)4-5-15(14)28-16/h1-5,8-9,16H,6-7,10H2,(H,24,26)(H,25,27). The van der Waals surface area contributed by atoms with Crippen molar-refractivity contribution in [1.82, 2.24) is 5.32 Å². The molecule has 0 bridgehead atoms. The molecule has 0 saturated heterocycles. The van der Waals surface area contributed by atoms with Crippen molar-refractivity contribution >= 4 is 29.3 Å². The van der Waals surface area contributed by atoms with Crippen LogP contribution in [0.15, 0.2) is 47.4 Å². The Morgan fingerprint density at radius 2 is 1.96 bits per heavy atom. The van der Waals surface area contributed by atoms with Crippen LogP contribution in [0.25, 0.3) is 0 Å². The average molecular weight is 412 g/mol. The molecule has 2 N–H and O–H groups in total. The number of rotatable bonds is 5. The quantitative estimate of drug-likeness (QED) is 0.730. The minimum atomic E-state index is -4.50. The van der Waals surface area contributed by atoms with Crippen molar-refractivity contribution in [1.29, 1.82) is 0 Å². The summed E-state index contributed by atoms with van der Waals surface area (Å²) in [5.41, 5.74) is -0.0206. The van der Waals surface area contributed by atoms with Gasteiger partial charge in [-0.3, -0.25) is 9.59 Å². The normalized spacial score (nSPS) is 16.3. The molecule has 1 heterocycles. The summed E-state index contributed by atoms with van der Waals surface area (Å²) >= 11 is 1.05. The highest BCUT2D eigenvalue weighted by molar-refractivity contribution is 8.01. The molecule has 4 nitrogen and oxygen atoms in total. The predicted octanol–water partition coefficient (Wildman–Crippen LogP) is 4.01. The van der Waals surface area contributed by atoms with Crippen molar-refractivity contribution in [2.45, 2.75) is 29.2 Å². The highest BCUT2D eigenvalue weighted by Gasteiger charge is 2.34. The molecule has 0 radical (unpaired) electrons. The first kappa shape index (κ1) is 20.2. The zero-order valence-electron chi connectivity index (χ0n) is 14.5. The second-order valence-corrected chi connectivity index (χ2v) is 7.48. The van der Waals surface area contributed by atoms with Gasteiger partial charge in [-0.05, 0) is 42.3 Å². The number of thioether (sulfide) groups is 1. The number of alkyl halides is 3. The second-order valence-electron chi connectivity index (χ2n) is 6.24. The Balaban J connectivity index is 1.55. The fraction of sp³-hybridized carbons (Fsp3) is 0.263. The molecule has 1 atom stereocenters. The summed E-state index contributed by atoms with van der Waals surface area (Å²) in [5, 5.41) is 4.36. The maximum atomic E-state index is 13.1. The summed E-state index contributed by atoms with van der Waals surface area (Å²) in [5.74, 6) is -1.23. The van der Waals surface area contributed by atoms with Crippen LogP contribution >= 0.6 is 11.8 Å². The van der Waals surface area contributed by atoms with Crippen LogP contribution in [0.4, 0.5) is 23.2 Å². The van der Waals surface area contributed by atoms with E-state index in [1.165, 1.54) is 18.2 Å². The van der Waals surface area contributed by atoms with Gasteiger partial charge in [-0.25, -0.2) is 4.39 Å². The van der Waals surface area contributed by atoms with Crippen LogP contribution in [0.5, 0.6) is 0 Å². The first-order valence-electron chi connectivity index (χ1n) is 8.42. The largest absolute Gasteiger partial charge is 0.416 e. The molecule has 1 unspecified atom stereocenters. The van der Waals surface area contributed by atoms with Crippen molar-refractivity contribution in [3.05, 3.63) is 59.4 Å². The molecule has 28 heavy (non-hydrogen) atoms. The fourth-order valence-corrected chi connectivity index (χ4v) is 3.83. The first-order valence-corrected chi connectivity index (χ1v) is 9.30. The molecule has 0 fully saturated rings. The molecule has 0 aliphatic carbocycles. The SMILES string of the molecule is O=C(CC1Sc2ccc(C(F)(F)F)cc2NC1=O)NCCc1cccc(F)c1. The number of fused-ring (bicyclic) bond motifs is 1. The summed E-state index contributed by atoms with van der Waals surface area (Å²) in [6.07, 6.45) is -4.17. The molecule has 2 amide bonds. The van der Waals surface area contributed by atoms with Gasteiger partial charge < -0.3 is 10.6 Å². The van der Waals surface area contributed by atoms with E-state index < -0.39 is 22.9 Å². The van der Waals surface area contributed by atoms with E-state index in [0.717, 1.165) is 29.5 Å². The Hall–Kier alpha value is -2.55. The number of nitrogens with one attached hydrogen (secondary N) is 2. The number of hydrogen-bond donors (Lipinski definition) is 2. The van der Waals surface area contributed by atoms with Crippen LogP contribution in [-0.2, 0) is 22.2 Å². The monoisotopic (exact) mass is 412 g/mol. The van der Waals surface area contributed by atoms with Crippen molar-refractivity contribution in [3.63, 3.8) is 0 Å². The maximum absolute atomic E-state index is 13.1. The zero-order chi connectivity index (χ0) is 20.3. The summed E-state index contributed by atoms with van der Waals surface area (Å²) in [6, 6.07) is 9.15. The van der Waals surface area contributed by atoms with Crippen LogP contribution < -0.4 is 10.6 Å². The molecule has 148 valence electrons. The van der Waals surface area contributed by atoms with E-state index in [9.17, 15) is 27.2 Å². The van der Waals surface area contributed by atoms with Gasteiger partial charge in [-0.15, -0.1) is 11.8 Å². The van der Waals surface area contributed by atoms with E-state index in [1.54, 1.807) is 12.1 Å². The van der Waals surface area contributed by atoms with Crippen molar-refractivity contribution in [3.8, 4) is 0 Å². The molecule has 9 heteroatoms. The fourth-order valence-electron chi connectivity index (χ4n) is 2.74. The minimum Gasteiger partial charge on any atom is -0.356 e. The van der Waals surface area contributed by atoms with Gasteiger partial charge in [0.05, 0.1) is 16.5 Å². The third kappa shape index (κ3) is 5.03. The Morgan fingerprint density at radius 1 is 1.18 bits per heavy atom. The highest BCUT2D eigenvalue weighted by Crippen LogP contribution is 2.40. The molecule has 0 spiro atoms. The lowest BCUT2D eigenvalue weighted by Crippen LogP contribution is -2.35. The summed E-state index contributed by atoms with van der Waals surface area (Å²) in [7, 11) is 0. The number of anilines is 1. The summed E-state index contributed by atoms with van der Waals surface area (Å²) in [4.78, 5) is 24.7. The average Bonchev–Trinajstić information content (AvgIpc) is 2.61. The maximum Gasteiger partial charge on any atom is 0.416 e. The van der Waals surface area contributed by atoms with E-state index in [4.69, 9.17) is 0 Å². The molecule has 0 saturated carbocycles. The second kappa shape index (κ2) is 8.22. The molecular formula is C19H16F4N2O2S. The van der Waals surface area contributed by atoms with Gasteiger partial charge in [0, 0.05) is 17.9 Å². The van der Waals surface area contributed by atoms with Gasteiger partial charge >= 0.3 is 6.18 Å². The Kier molecular flexibility index (Phi) is 5.93. The number of carbonyl (C=O) groups is 2. The van der Waals surface area contributed by atoms with E-state index in [1.807, 2.05) is 0 Å². The smallest absolute Gasteiger partial charge is 0.356 e. The Morgan fingerprint density at radius 3 is 2.68 bits per heavy atom. The molecule has 1 aliphatic heterocycles. The van der Waals surface area contributed by atoms with E-state index in [-0.39, 0.29) is 30.4 Å². The van der Waals surface area contributed by atoms with Gasteiger partial charge in [0.25, 0.3) is 0 Å². The first-order chi connectivity index (χ1) is 13.2. The Bertz CT molecular complexity index is 902. The van der Waals surface area contributed by atoms with Gasteiger partial charge in [-0.1, -0.05) is 12.1 Å². The van der Waals surface area contributed by atoms with Gasteiger partial charge in [0.15, 0.2) is 0 Å². The molecular weight excluding hydrogens is 396 g/mol. The van der Waals surface area contributed by atoms with Gasteiger partial charge in [0.1, 0.15) is 5.82 Å². The topological polar surface area (TPSA) is 58.2 Å². The van der Waals surface area contributed by atoms with Crippen LogP contribution in [0.3, 0.4) is 0 Å². The lowest BCUT2D eigenvalue weighted by molar-refractivity contribution is -0.137. The minimum absolute atomic E-state index is 0.0904. The van der Waals surface area contributed by atoms with Gasteiger partial charge in [0.2, 0.25) is 11.8 Å². The lowest BCUT2D eigenvalue weighted by atomic mass is 10.1. The molecule has 2 aromatic carbocycles. The third-order valence-electron chi connectivity index (χ3n) is 4.12. The predicted molar refractivity (Wildman–Crippen MR) is 97.4 cm³/mol. The molecule has 2 aromatic rings. The van der Waals surface area contributed by atoms with Crippen LogP contribution in [-0.4, -0.2) is 23.6 Å². The van der Waals surface area contributed by atoms with Crippen molar-refractivity contribution in [2.24, 2.45) is 0 Å². The van der Waals surface area contributed by atoms with E-state index in [0.29, 0.717) is 11.3 Å². The summed E-state index contributed by atoms with van der Waals surface area (Å²) < 4.78 is 51.4. The van der Waals surface area contributed by atoms with Crippen molar-refractivity contribution < 1.29 is 27.2 Å². The van der Waals surface area contributed by atoms with Crippen LogP contribution in [0, 0.1) is 5.82 Å². The molecule has 1 aliphatic rings. The van der Waals surface area contributed by atoms with E-state index in [2.05, 4.69) is 10.6 Å². The number of hydrogen-bond acceptors (Lipinski definition) is 3. The van der Waals surface area contributed by atoms with Crippen LogP contribution in [0.2, 0.25) is 0 Å². The number of benzene rings is 2. The van der Waals surface area contributed by atoms with Crippen LogP contribution in [0.1, 0.15) is 17.5 Å². The number of amides is 2. The zero-order valence-corrected chi connectivity index (χ0v) is 15.3. The van der Waals surface area contributed by atoms with Gasteiger partial charge in [-0.2, -0.15) is 13.2 Å². The number of carbonyl (C=O) groups excluding carboxylic acids is 2. The van der Waals surface area contributed by atoms with E-state index >= 15 is 0 Å². The molecule has 3 rings (SSSR count).